The third-order valence-electron chi connectivity index (χ3n) is 2.36. The highest BCUT2D eigenvalue weighted by molar-refractivity contribution is 5.54. The van der Waals surface area contributed by atoms with Crippen LogP contribution in [-0.2, 0) is 0 Å². The van der Waals surface area contributed by atoms with Gasteiger partial charge in [-0.25, -0.2) is 4.39 Å². The summed E-state index contributed by atoms with van der Waals surface area (Å²) in [6, 6.07) is 1.60. The predicted molar refractivity (Wildman–Crippen MR) is 50.1 cm³/mol. The number of benzene rings is 1. The van der Waals surface area contributed by atoms with Gasteiger partial charge in [0.1, 0.15) is 5.82 Å². The average Bonchev–Trinajstić information content (AvgIpc) is 2.17. The van der Waals surface area contributed by atoms with Gasteiger partial charge >= 0.3 is 5.69 Å². The largest absolute Gasteiger partial charge is 0.486 e. The molecule has 0 bridgehead atoms. The van der Waals surface area contributed by atoms with Crippen molar-refractivity contribution < 1.29 is 14.1 Å². The molecule has 1 heterocycles. The van der Waals surface area contributed by atoms with Crippen molar-refractivity contribution >= 4 is 5.69 Å². The van der Waals surface area contributed by atoms with E-state index in [0.717, 1.165) is 12.1 Å². The Morgan fingerprint density at radius 1 is 1.60 bits per heavy atom. The van der Waals surface area contributed by atoms with Crippen LogP contribution in [0.5, 0.6) is 5.75 Å². The first-order chi connectivity index (χ1) is 7.11. The minimum atomic E-state index is -0.601. The van der Waals surface area contributed by atoms with Crippen molar-refractivity contribution in [2.24, 2.45) is 5.73 Å². The number of nitro groups is 1. The molecule has 5 nitrogen and oxygen atoms in total. The van der Waals surface area contributed by atoms with E-state index in [9.17, 15) is 14.5 Å². The van der Waals surface area contributed by atoms with Crippen LogP contribution in [0.2, 0.25) is 0 Å². The van der Waals surface area contributed by atoms with Crippen LogP contribution >= 0.6 is 0 Å². The summed E-state index contributed by atoms with van der Waals surface area (Å²) in [6.07, 6.45) is 0.463. The maximum Gasteiger partial charge on any atom is 0.311 e. The Balaban J connectivity index is 2.63. The molecule has 2 rings (SSSR count). The summed E-state index contributed by atoms with van der Waals surface area (Å²) in [5, 5.41) is 10.7. The lowest BCUT2D eigenvalue weighted by atomic mass is 10.00. The Hall–Kier alpha value is -1.69. The van der Waals surface area contributed by atoms with Crippen LogP contribution in [0.1, 0.15) is 18.0 Å². The molecule has 2 N–H and O–H groups in total. The molecule has 0 radical (unpaired) electrons. The summed E-state index contributed by atoms with van der Waals surface area (Å²) >= 11 is 0. The molecule has 0 unspecified atom stereocenters. The van der Waals surface area contributed by atoms with Gasteiger partial charge in [-0.05, 0) is 6.07 Å². The maximum absolute atomic E-state index is 13.4. The summed E-state index contributed by atoms with van der Waals surface area (Å²) < 4.78 is 18.5. The predicted octanol–water partition coefficient (Wildman–Crippen LogP) is 1.52. The van der Waals surface area contributed by atoms with E-state index in [-0.39, 0.29) is 23.6 Å². The molecule has 0 aliphatic carbocycles. The maximum atomic E-state index is 13.4. The summed E-state index contributed by atoms with van der Waals surface area (Å²) in [5.74, 6) is -0.582. The smallest absolute Gasteiger partial charge is 0.311 e. The number of hydrogen-bond donors (Lipinski definition) is 1. The fourth-order valence-electron chi connectivity index (χ4n) is 1.64. The molecular formula is C9H9FN2O3. The zero-order valence-electron chi connectivity index (χ0n) is 7.77. The fourth-order valence-corrected chi connectivity index (χ4v) is 1.64. The van der Waals surface area contributed by atoms with Crippen LogP contribution in [0.25, 0.3) is 0 Å². The standard InChI is InChI=1S/C9H9FN2O3/c10-5-1-2-7(12(13)14)9-8(5)6(11)3-4-15-9/h1-2,6H,3-4,11H2/t6-/m1/s1. The number of fused-ring (bicyclic) bond motifs is 1. The summed E-state index contributed by atoms with van der Waals surface area (Å²) in [4.78, 5) is 10.1. The van der Waals surface area contributed by atoms with Gasteiger partial charge in [-0.2, -0.15) is 0 Å². The molecule has 15 heavy (non-hydrogen) atoms. The van der Waals surface area contributed by atoms with E-state index in [0.29, 0.717) is 6.42 Å². The van der Waals surface area contributed by atoms with E-state index in [1.54, 1.807) is 0 Å². The van der Waals surface area contributed by atoms with Gasteiger partial charge in [0.15, 0.2) is 0 Å². The monoisotopic (exact) mass is 212 g/mol. The quantitative estimate of drug-likeness (QED) is 0.565. The normalized spacial score (nSPS) is 19.2. The first kappa shape index (κ1) is 9.85. The van der Waals surface area contributed by atoms with Gasteiger partial charge in [-0.15, -0.1) is 0 Å². The van der Waals surface area contributed by atoms with Crippen molar-refractivity contribution in [2.75, 3.05) is 6.61 Å². The van der Waals surface area contributed by atoms with E-state index >= 15 is 0 Å². The van der Waals surface area contributed by atoms with Crippen LogP contribution in [0.15, 0.2) is 12.1 Å². The second kappa shape index (κ2) is 3.47. The SMILES string of the molecule is N[C@@H]1CCOc2c([N+](=O)[O-])ccc(F)c21. The fraction of sp³-hybridized carbons (Fsp3) is 0.333. The summed E-state index contributed by atoms with van der Waals surface area (Å²) in [5.41, 5.74) is 5.55. The topological polar surface area (TPSA) is 78.4 Å². The second-order valence-corrected chi connectivity index (χ2v) is 3.31. The van der Waals surface area contributed by atoms with Crippen LogP contribution in [0, 0.1) is 15.9 Å². The highest BCUT2D eigenvalue weighted by Gasteiger charge is 2.29. The Morgan fingerprint density at radius 2 is 2.33 bits per heavy atom. The molecule has 6 heteroatoms. The molecule has 1 aromatic rings. The first-order valence-electron chi connectivity index (χ1n) is 4.46. The molecule has 0 saturated heterocycles. The summed E-state index contributed by atoms with van der Waals surface area (Å²) in [7, 11) is 0. The molecule has 0 spiro atoms. The van der Waals surface area contributed by atoms with Crippen molar-refractivity contribution in [2.45, 2.75) is 12.5 Å². The third-order valence-corrected chi connectivity index (χ3v) is 2.36. The minimum Gasteiger partial charge on any atom is -0.486 e. The Labute approximate surface area is 84.8 Å². The average molecular weight is 212 g/mol. The lowest BCUT2D eigenvalue weighted by molar-refractivity contribution is -0.386. The zero-order chi connectivity index (χ0) is 11.0. The molecule has 0 aromatic heterocycles. The van der Waals surface area contributed by atoms with Gasteiger partial charge < -0.3 is 10.5 Å². The first-order valence-corrected chi connectivity index (χ1v) is 4.46. The number of nitro benzene ring substituents is 1. The van der Waals surface area contributed by atoms with Crippen LogP contribution < -0.4 is 10.5 Å². The third kappa shape index (κ3) is 1.52. The molecule has 0 fully saturated rings. The van der Waals surface area contributed by atoms with E-state index in [1.807, 2.05) is 0 Å². The van der Waals surface area contributed by atoms with Crippen molar-refractivity contribution in [1.82, 2.24) is 0 Å². The lowest BCUT2D eigenvalue weighted by Crippen LogP contribution is -2.22. The molecule has 1 atom stereocenters. The summed E-state index contributed by atoms with van der Waals surface area (Å²) in [6.45, 7) is 0.276. The van der Waals surface area contributed by atoms with E-state index < -0.39 is 16.8 Å². The zero-order valence-corrected chi connectivity index (χ0v) is 7.77. The minimum absolute atomic E-state index is 0.0289. The van der Waals surface area contributed by atoms with Crippen LogP contribution in [0.3, 0.4) is 0 Å². The number of nitrogens with zero attached hydrogens (tertiary/aromatic N) is 1. The Kier molecular flexibility index (Phi) is 2.28. The number of hydrogen-bond acceptors (Lipinski definition) is 4. The highest BCUT2D eigenvalue weighted by atomic mass is 19.1. The second-order valence-electron chi connectivity index (χ2n) is 3.31. The van der Waals surface area contributed by atoms with Gasteiger partial charge in [-0.1, -0.05) is 0 Å². The highest BCUT2D eigenvalue weighted by Crippen LogP contribution is 2.39. The lowest BCUT2D eigenvalue weighted by Gasteiger charge is -2.22. The van der Waals surface area contributed by atoms with Gasteiger partial charge in [-0.3, -0.25) is 10.1 Å². The van der Waals surface area contributed by atoms with Gasteiger partial charge in [0, 0.05) is 18.5 Å². The van der Waals surface area contributed by atoms with Crippen molar-refractivity contribution in [1.29, 1.82) is 0 Å². The molecule has 1 aliphatic heterocycles. The number of rotatable bonds is 1. The number of ether oxygens (including phenoxy) is 1. The van der Waals surface area contributed by atoms with E-state index in [4.69, 9.17) is 10.5 Å². The van der Waals surface area contributed by atoms with Crippen molar-refractivity contribution in [3.63, 3.8) is 0 Å². The molecule has 80 valence electrons. The van der Waals surface area contributed by atoms with E-state index in [2.05, 4.69) is 0 Å². The molecule has 1 aromatic carbocycles. The van der Waals surface area contributed by atoms with Crippen LogP contribution in [-0.4, -0.2) is 11.5 Å². The Morgan fingerprint density at radius 3 is 3.00 bits per heavy atom. The molecule has 0 saturated carbocycles. The van der Waals surface area contributed by atoms with Gasteiger partial charge in [0.25, 0.3) is 0 Å². The molecule has 0 amide bonds. The van der Waals surface area contributed by atoms with Crippen LogP contribution in [0.4, 0.5) is 10.1 Å². The van der Waals surface area contributed by atoms with Crippen molar-refractivity contribution in [3.05, 3.63) is 33.6 Å². The van der Waals surface area contributed by atoms with Gasteiger partial charge in [0.05, 0.1) is 17.1 Å². The molecular weight excluding hydrogens is 203 g/mol. The Bertz CT molecular complexity index is 422. The van der Waals surface area contributed by atoms with Gasteiger partial charge in [0.2, 0.25) is 5.75 Å². The van der Waals surface area contributed by atoms with Crippen molar-refractivity contribution in [3.8, 4) is 5.75 Å². The van der Waals surface area contributed by atoms with E-state index in [1.165, 1.54) is 0 Å². The number of halogens is 1. The molecule has 1 aliphatic rings. The number of nitrogens with two attached hydrogens (primary N) is 1.